The largest absolute Gasteiger partial charge is 0.336 e. The smallest absolute Gasteiger partial charge is 0.238 e. The van der Waals surface area contributed by atoms with Crippen molar-refractivity contribution >= 4 is 15.9 Å². The molecule has 0 radical (unpaired) electrons. The minimum Gasteiger partial charge on any atom is -0.336 e. The van der Waals surface area contributed by atoms with Gasteiger partial charge in [0.25, 0.3) is 0 Å². The summed E-state index contributed by atoms with van der Waals surface area (Å²) in [5, 5.41) is 3.27. The number of piperazine rings is 1. The third kappa shape index (κ3) is 3.65. The van der Waals surface area contributed by atoms with Crippen molar-refractivity contribution in [1.82, 2.24) is 14.5 Å². The van der Waals surface area contributed by atoms with Crippen molar-refractivity contribution in [3.63, 3.8) is 0 Å². The van der Waals surface area contributed by atoms with Crippen molar-refractivity contribution in [2.45, 2.75) is 25.9 Å². The lowest BCUT2D eigenvalue weighted by Crippen LogP contribution is -2.58. The van der Waals surface area contributed by atoms with Gasteiger partial charge in [-0.15, -0.1) is 0 Å². The van der Waals surface area contributed by atoms with Crippen LogP contribution < -0.4 is 5.32 Å². The van der Waals surface area contributed by atoms with Crippen LogP contribution in [0, 0.1) is 0 Å². The first-order chi connectivity index (χ1) is 7.73. The van der Waals surface area contributed by atoms with Crippen LogP contribution in [-0.2, 0) is 14.8 Å². The maximum atomic E-state index is 12.0. The molecule has 1 aliphatic heterocycles. The van der Waals surface area contributed by atoms with Gasteiger partial charge in [-0.25, -0.2) is 8.42 Å². The van der Waals surface area contributed by atoms with E-state index in [-0.39, 0.29) is 24.5 Å². The third-order valence-electron chi connectivity index (χ3n) is 3.28. The first-order valence-electron chi connectivity index (χ1n) is 5.67. The van der Waals surface area contributed by atoms with E-state index in [1.807, 2.05) is 13.8 Å². The second-order valence-electron chi connectivity index (χ2n) is 4.59. The van der Waals surface area contributed by atoms with Gasteiger partial charge < -0.3 is 10.2 Å². The van der Waals surface area contributed by atoms with Crippen molar-refractivity contribution in [2.75, 3.05) is 32.9 Å². The predicted octanol–water partition coefficient (Wildman–Crippen LogP) is -0.913. The molecule has 1 amide bonds. The molecule has 0 saturated carbocycles. The SMILES string of the molecule is CC1NCCN(C(=O)CN(C)S(C)(=O)=O)C1C. The Kier molecular flexibility index (Phi) is 4.51. The molecule has 1 fully saturated rings. The number of nitrogens with one attached hydrogen (secondary N) is 1. The molecule has 0 aromatic carbocycles. The molecule has 0 aromatic heterocycles. The summed E-state index contributed by atoms with van der Waals surface area (Å²) in [7, 11) is -1.88. The lowest BCUT2D eigenvalue weighted by Gasteiger charge is -2.39. The number of carbonyl (C=O) groups is 1. The summed E-state index contributed by atoms with van der Waals surface area (Å²) in [5.74, 6) is -0.140. The van der Waals surface area contributed by atoms with Crippen LogP contribution >= 0.6 is 0 Å². The number of amides is 1. The molecular weight excluding hydrogens is 242 g/mol. The molecule has 2 unspecified atom stereocenters. The fourth-order valence-electron chi connectivity index (χ4n) is 1.81. The summed E-state index contributed by atoms with van der Waals surface area (Å²) < 4.78 is 23.6. The van der Waals surface area contributed by atoms with Crippen LogP contribution in [0.5, 0.6) is 0 Å². The van der Waals surface area contributed by atoms with Gasteiger partial charge in [0.05, 0.1) is 12.8 Å². The van der Waals surface area contributed by atoms with Crippen LogP contribution in [-0.4, -0.2) is 68.6 Å². The second kappa shape index (κ2) is 5.32. The molecule has 1 aliphatic rings. The van der Waals surface area contributed by atoms with Crippen LogP contribution in [0.2, 0.25) is 0 Å². The van der Waals surface area contributed by atoms with Gasteiger partial charge in [0, 0.05) is 32.2 Å². The fraction of sp³-hybridized carbons (Fsp3) is 0.900. The van der Waals surface area contributed by atoms with Gasteiger partial charge in [-0.1, -0.05) is 0 Å². The summed E-state index contributed by atoms with van der Waals surface area (Å²) in [6, 6.07) is 0.320. The maximum absolute atomic E-state index is 12.0. The number of hydrogen-bond donors (Lipinski definition) is 1. The van der Waals surface area contributed by atoms with Crippen LogP contribution in [0.1, 0.15) is 13.8 Å². The lowest BCUT2D eigenvalue weighted by atomic mass is 10.1. The molecule has 0 aromatic rings. The number of carbonyl (C=O) groups excluding carboxylic acids is 1. The average molecular weight is 263 g/mol. The Balaban J connectivity index is 2.64. The van der Waals surface area contributed by atoms with Crippen molar-refractivity contribution in [1.29, 1.82) is 0 Å². The minimum atomic E-state index is -3.30. The monoisotopic (exact) mass is 263 g/mol. The molecule has 0 spiro atoms. The molecule has 1 rings (SSSR count). The fourth-order valence-corrected chi connectivity index (χ4v) is 2.15. The Bertz CT molecular complexity index is 382. The zero-order valence-corrected chi connectivity index (χ0v) is 11.6. The Morgan fingerprint density at radius 2 is 2.06 bits per heavy atom. The van der Waals surface area contributed by atoms with Gasteiger partial charge in [0.15, 0.2) is 0 Å². The number of rotatable bonds is 3. The van der Waals surface area contributed by atoms with E-state index in [2.05, 4.69) is 5.32 Å². The molecule has 1 saturated heterocycles. The predicted molar refractivity (Wildman–Crippen MR) is 66.1 cm³/mol. The van der Waals surface area contributed by atoms with E-state index < -0.39 is 10.0 Å². The molecule has 7 heteroatoms. The molecule has 0 aliphatic carbocycles. The lowest BCUT2D eigenvalue weighted by molar-refractivity contribution is -0.134. The van der Waals surface area contributed by atoms with Gasteiger partial charge in [-0.2, -0.15) is 4.31 Å². The van der Waals surface area contributed by atoms with E-state index in [0.29, 0.717) is 6.54 Å². The molecule has 1 N–H and O–H groups in total. The molecule has 17 heavy (non-hydrogen) atoms. The highest BCUT2D eigenvalue weighted by atomic mass is 32.2. The van der Waals surface area contributed by atoms with Gasteiger partial charge in [0.1, 0.15) is 0 Å². The normalized spacial score (nSPS) is 26.3. The van der Waals surface area contributed by atoms with E-state index in [0.717, 1.165) is 17.1 Å². The minimum absolute atomic E-state index is 0.0872. The summed E-state index contributed by atoms with van der Waals surface area (Å²) >= 11 is 0. The Labute approximate surface area is 103 Å². The van der Waals surface area contributed by atoms with Crippen LogP contribution in [0.4, 0.5) is 0 Å². The summed E-state index contributed by atoms with van der Waals surface area (Å²) in [4.78, 5) is 13.7. The first-order valence-corrected chi connectivity index (χ1v) is 7.52. The van der Waals surface area contributed by atoms with Gasteiger partial charge in [-0.05, 0) is 13.8 Å². The Hall–Kier alpha value is -0.660. The highest BCUT2D eigenvalue weighted by Gasteiger charge is 2.29. The van der Waals surface area contributed by atoms with Gasteiger partial charge in [-0.3, -0.25) is 4.79 Å². The van der Waals surface area contributed by atoms with E-state index >= 15 is 0 Å². The van der Waals surface area contributed by atoms with E-state index in [1.165, 1.54) is 7.05 Å². The van der Waals surface area contributed by atoms with Crippen molar-refractivity contribution in [3.05, 3.63) is 0 Å². The van der Waals surface area contributed by atoms with Gasteiger partial charge >= 0.3 is 0 Å². The highest BCUT2D eigenvalue weighted by Crippen LogP contribution is 2.09. The number of likely N-dealkylation sites (N-methyl/N-ethyl adjacent to an activating group) is 1. The summed E-state index contributed by atoms with van der Waals surface area (Å²) in [5.41, 5.74) is 0. The van der Waals surface area contributed by atoms with E-state index in [4.69, 9.17) is 0 Å². The number of hydrogen-bond acceptors (Lipinski definition) is 4. The first kappa shape index (κ1) is 14.4. The third-order valence-corrected chi connectivity index (χ3v) is 4.54. The standard InChI is InChI=1S/C10H21N3O3S/c1-8-9(2)13(6-5-11-8)10(14)7-12(3)17(4,15)16/h8-9,11H,5-7H2,1-4H3. The van der Waals surface area contributed by atoms with Crippen molar-refractivity contribution in [3.8, 4) is 0 Å². The van der Waals surface area contributed by atoms with Crippen molar-refractivity contribution < 1.29 is 13.2 Å². The zero-order chi connectivity index (χ0) is 13.2. The quantitative estimate of drug-likeness (QED) is 0.715. The molecule has 0 bridgehead atoms. The molecule has 100 valence electrons. The maximum Gasteiger partial charge on any atom is 0.238 e. The Morgan fingerprint density at radius 3 is 2.59 bits per heavy atom. The van der Waals surface area contributed by atoms with Gasteiger partial charge in [0.2, 0.25) is 15.9 Å². The zero-order valence-electron chi connectivity index (χ0n) is 10.8. The van der Waals surface area contributed by atoms with E-state index in [1.54, 1.807) is 4.90 Å². The summed E-state index contributed by atoms with van der Waals surface area (Å²) in [6.45, 7) is 5.28. The Morgan fingerprint density at radius 1 is 1.47 bits per heavy atom. The average Bonchev–Trinajstić information content (AvgIpc) is 2.20. The molecule has 1 heterocycles. The number of sulfonamides is 1. The second-order valence-corrected chi connectivity index (χ2v) is 6.68. The van der Waals surface area contributed by atoms with Crippen LogP contribution in [0.15, 0.2) is 0 Å². The molecular formula is C10H21N3O3S. The van der Waals surface area contributed by atoms with Crippen LogP contribution in [0.3, 0.4) is 0 Å². The topological polar surface area (TPSA) is 69.7 Å². The summed E-state index contributed by atoms with van der Waals surface area (Å²) in [6.07, 6.45) is 1.10. The molecule has 6 nitrogen and oxygen atoms in total. The highest BCUT2D eigenvalue weighted by molar-refractivity contribution is 7.88. The molecule has 2 atom stereocenters. The van der Waals surface area contributed by atoms with Crippen LogP contribution in [0.25, 0.3) is 0 Å². The van der Waals surface area contributed by atoms with E-state index in [9.17, 15) is 13.2 Å². The number of nitrogens with zero attached hydrogens (tertiary/aromatic N) is 2. The van der Waals surface area contributed by atoms with Crippen molar-refractivity contribution in [2.24, 2.45) is 0 Å².